The number of nitrogens with zero attached hydrogens (tertiary/aromatic N) is 2. The summed E-state index contributed by atoms with van der Waals surface area (Å²) in [5.41, 5.74) is 0.461. The molecule has 1 aromatic rings. The van der Waals surface area contributed by atoms with Gasteiger partial charge in [0.25, 0.3) is 0 Å². The number of nitriles is 1. The number of benzene rings is 1. The van der Waals surface area contributed by atoms with Gasteiger partial charge >= 0.3 is 6.18 Å². The average Bonchev–Trinajstić information content (AvgIpc) is 2.57. The summed E-state index contributed by atoms with van der Waals surface area (Å²) >= 11 is 0. The van der Waals surface area contributed by atoms with E-state index in [1.165, 1.54) is 18.2 Å². The number of amides is 1. The Morgan fingerprint density at radius 3 is 2.88 bits per heavy atom. The number of nitrogens with one attached hydrogen (secondary N) is 1. The number of rotatable bonds is 5. The van der Waals surface area contributed by atoms with Crippen molar-refractivity contribution in [2.45, 2.75) is 25.9 Å². The van der Waals surface area contributed by atoms with Crippen LogP contribution >= 0.6 is 0 Å². The van der Waals surface area contributed by atoms with Crippen molar-refractivity contribution in [2.24, 2.45) is 5.92 Å². The van der Waals surface area contributed by atoms with Gasteiger partial charge in [-0.1, -0.05) is 6.92 Å². The summed E-state index contributed by atoms with van der Waals surface area (Å²) in [6.07, 6.45) is -2.37. The second-order valence-electron chi connectivity index (χ2n) is 6.17. The Bertz CT molecular complexity index is 656. The third-order valence-electron chi connectivity index (χ3n) is 3.94. The number of halogens is 3. The molecule has 0 aromatic heterocycles. The molecule has 1 N–H and O–H groups in total. The predicted molar refractivity (Wildman–Crippen MR) is 86.2 cm³/mol. The number of ether oxygens (including phenoxy) is 1. The van der Waals surface area contributed by atoms with Gasteiger partial charge in [-0.05, 0) is 37.0 Å². The highest BCUT2D eigenvalue weighted by Gasteiger charge is 2.29. The van der Waals surface area contributed by atoms with Crippen molar-refractivity contribution in [2.75, 3.05) is 31.6 Å². The number of hydrogen-bond acceptors (Lipinski definition) is 4. The average molecular weight is 355 g/mol. The maximum atomic E-state index is 12.2. The van der Waals surface area contributed by atoms with Gasteiger partial charge in [0, 0.05) is 18.8 Å². The summed E-state index contributed by atoms with van der Waals surface area (Å²) in [6.45, 7) is 2.18. The molecular weight excluding hydrogens is 335 g/mol. The largest absolute Gasteiger partial charge is 0.483 e. The Labute approximate surface area is 144 Å². The van der Waals surface area contributed by atoms with Crippen LogP contribution in [0.4, 0.5) is 18.9 Å². The summed E-state index contributed by atoms with van der Waals surface area (Å²) < 4.78 is 41.3. The minimum Gasteiger partial charge on any atom is -0.483 e. The van der Waals surface area contributed by atoms with Gasteiger partial charge in [-0.3, -0.25) is 4.79 Å². The van der Waals surface area contributed by atoms with Crippen molar-refractivity contribution in [1.29, 1.82) is 5.26 Å². The summed E-state index contributed by atoms with van der Waals surface area (Å²) in [6, 6.07) is 5.95. The van der Waals surface area contributed by atoms with Crippen molar-refractivity contribution >= 4 is 11.6 Å². The molecule has 0 spiro atoms. The van der Waals surface area contributed by atoms with Crippen LogP contribution in [0.15, 0.2) is 18.2 Å². The van der Waals surface area contributed by atoms with E-state index in [0.717, 1.165) is 25.9 Å². The molecule has 1 saturated heterocycles. The van der Waals surface area contributed by atoms with Gasteiger partial charge in [0.2, 0.25) is 5.91 Å². The van der Waals surface area contributed by atoms with E-state index in [0.29, 0.717) is 11.6 Å². The number of piperidine rings is 1. The topological polar surface area (TPSA) is 65.4 Å². The number of likely N-dealkylation sites (tertiary alicyclic amines) is 1. The molecule has 5 nitrogen and oxygen atoms in total. The molecule has 1 aromatic carbocycles. The van der Waals surface area contributed by atoms with E-state index in [1.54, 1.807) is 11.0 Å². The Morgan fingerprint density at radius 2 is 2.24 bits per heavy atom. The highest BCUT2D eigenvalue weighted by Crippen LogP contribution is 2.25. The molecule has 0 saturated carbocycles. The fraction of sp³-hybridized carbons (Fsp3) is 0.529. The minimum absolute atomic E-state index is 0.0201. The molecule has 0 radical (unpaired) electrons. The van der Waals surface area contributed by atoms with Gasteiger partial charge in [-0.25, -0.2) is 0 Å². The molecule has 8 heteroatoms. The van der Waals surface area contributed by atoms with E-state index in [2.05, 4.69) is 17.0 Å². The van der Waals surface area contributed by atoms with Gasteiger partial charge in [-0.15, -0.1) is 0 Å². The van der Waals surface area contributed by atoms with Crippen molar-refractivity contribution < 1.29 is 22.7 Å². The summed E-state index contributed by atoms with van der Waals surface area (Å²) in [5, 5.41) is 12.0. The fourth-order valence-electron chi connectivity index (χ4n) is 2.72. The number of alkyl halides is 3. The second kappa shape index (κ2) is 8.10. The molecule has 1 fully saturated rings. The molecule has 1 amide bonds. The molecule has 1 atom stereocenters. The number of carbonyl (C=O) groups is 1. The lowest BCUT2D eigenvalue weighted by Gasteiger charge is -2.31. The zero-order valence-corrected chi connectivity index (χ0v) is 13.9. The first-order valence-electron chi connectivity index (χ1n) is 8.04. The van der Waals surface area contributed by atoms with Crippen LogP contribution in [0.3, 0.4) is 0 Å². The molecular formula is C17H20F3N3O2. The lowest BCUT2D eigenvalue weighted by atomic mass is 10.0. The van der Waals surface area contributed by atoms with E-state index < -0.39 is 12.8 Å². The summed E-state index contributed by atoms with van der Waals surface area (Å²) in [5.74, 6) is 0.303. The van der Waals surface area contributed by atoms with Gasteiger partial charge in [0.15, 0.2) is 6.61 Å². The van der Waals surface area contributed by atoms with Crippen molar-refractivity contribution in [1.82, 2.24) is 4.90 Å². The van der Waals surface area contributed by atoms with Crippen LogP contribution in [-0.2, 0) is 4.79 Å². The first-order chi connectivity index (χ1) is 11.8. The van der Waals surface area contributed by atoms with Crippen LogP contribution in [0.1, 0.15) is 25.3 Å². The van der Waals surface area contributed by atoms with Gasteiger partial charge in [0.05, 0.1) is 12.1 Å². The van der Waals surface area contributed by atoms with Crippen LogP contribution < -0.4 is 10.1 Å². The standard InChI is InChI=1S/C17H20F3N3O2/c1-12-3-2-6-23(10-12)16(24)9-22-14-4-5-15(13(7-14)8-21)25-11-17(18,19)20/h4-5,7,12,22H,2-3,6,9-11H2,1H3. The zero-order chi connectivity index (χ0) is 18.4. The molecule has 2 rings (SSSR count). The molecule has 1 heterocycles. The SMILES string of the molecule is CC1CCCN(C(=O)CNc2ccc(OCC(F)(F)F)c(C#N)c2)C1. The van der Waals surface area contributed by atoms with Gasteiger partial charge in [0.1, 0.15) is 11.8 Å². The summed E-state index contributed by atoms with van der Waals surface area (Å²) in [4.78, 5) is 14.0. The monoisotopic (exact) mass is 355 g/mol. The smallest absolute Gasteiger partial charge is 0.422 e. The van der Waals surface area contributed by atoms with E-state index in [4.69, 9.17) is 5.26 Å². The Balaban J connectivity index is 1.94. The maximum absolute atomic E-state index is 12.2. The highest BCUT2D eigenvalue weighted by atomic mass is 19.4. The van der Waals surface area contributed by atoms with Crippen LogP contribution in [0.2, 0.25) is 0 Å². The lowest BCUT2D eigenvalue weighted by molar-refractivity contribution is -0.153. The van der Waals surface area contributed by atoms with E-state index in [-0.39, 0.29) is 23.8 Å². The van der Waals surface area contributed by atoms with Crippen LogP contribution in [-0.4, -0.2) is 43.2 Å². The summed E-state index contributed by atoms with van der Waals surface area (Å²) in [7, 11) is 0. The highest BCUT2D eigenvalue weighted by molar-refractivity contribution is 5.81. The van der Waals surface area contributed by atoms with E-state index >= 15 is 0 Å². The van der Waals surface area contributed by atoms with Crippen molar-refractivity contribution in [3.8, 4) is 11.8 Å². The lowest BCUT2D eigenvalue weighted by Crippen LogP contribution is -2.41. The molecule has 136 valence electrons. The molecule has 0 bridgehead atoms. The number of carbonyl (C=O) groups excluding carboxylic acids is 1. The third kappa shape index (κ3) is 5.85. The maximum Gasteiger partial charge on any atom is 0.422 e. The predicted octanol–water partition coefficient (Wildman–Crippen LogP) is 3.17. The quantitative estimate of drug-likeness (QED) is 0.881. The van der Waals surface area contributed by atoms with E-state index in [9.17, 15) is 18.0 Å². The van der Waals surface area contributed by atoms with Gasteiger partial charge < -0.3 is 15.0 Å². The molecule has 1 aliphatic heterocycles. The first-order valence-corrected chi connectivity index (χ1v) is 8.04. The Hall–Kier alpha value is -2.43. The van der Waals surface area contributed by atoms with Crippen LogP contribution in [0, 0.1) is 17.2 Å². The van der Waals surface area contributed by atoms with E-state index in [1.807, 2.05) is 0 Å². The fourth-order valence-corrected chi connectivity index (χ4v) is 2.72. The molecule has 25 heavy (non-hydrogen) atoms. The first kappa shape index (κ1) is 18.9. The molecule has 1 unspecified atom stereocenters. The van der Waals surface area contributed by atoms with Crippen LogP contribution in [0.5, 0.6) is 5.75 Å². The number of hydrogen-bond donors (Lipinski definition) is 1. The minimum atomic E-state index is -4.47. The van der Waals surface area contributed by atoms with Crippen LogP contribution in [0.25, 0.3) is 0 Å². The Kier molecular flexibility index (Phi) is 6.12. The van der Waals surface area contributed by atoms with Crippen molar-refractivity contribution in [3.63, 3.8) is 0 Å². The van der Waals surface area contributed by atoms with Crippen molar-refractivity contribution in [3.05, 3.63) is 23.8 Å². The normalized spacial score (nSPS) is 17.7. The second-order valence-corrected chi connectivity index (χ2v) is 6.17. The number of anilines is 1. The Morgan fingerprint density at radius 1 is 1.48 bits per heavy atom. The van der Waals surface area contributed by atoms with Gasteiger partial charge in [-0.2, -0.15) is 18.4 Å². The molecule has 0 aliphatic carbocycles. The zero-order valence-electron chi connectivity index (χ0n) is 13.9. The third-order valence-corrected chi connectivity index (χ3v) is 3.94. The molecule has 1 aliphatic rings.